The number of halogens is 9. The number of unbranched alkanes of at least 4 members (excludes halogenated alkanes) is 3. The Morgan fingerprint density at radius 2 is 1.14 bits per heavy atom. The second-order valence-corrected chi connectivity index (χ2v) is 13.2. The largest absolute Gasteiger partial charge is 0.470 e. The summed E-state index contributed by atoms with van der Waals surface area (Å²) in [4.78, 5) is 0. The van der Waals surface area contributed by atoms with Gasteiger partial charge in [0.2, 0.25) is 0 Å². The fourth-order valence-electron chi connectivity index (χ4n) is 2.26. The van der Waals surface area contributed by atoms with Gasteiger partial charge in [-0.25, -0.2) is 9.13 Å². The van der Waals surface area contributed by atoms with Gasteiger partial charge in [0.1, 0.15) is 12.4 Å². The summed E-state index contributed by atoms with van der Waals surface area (Å²) in [7, 11) is -22.0. The van der Waals surface area contributed by atoms with E-state index < -0.39 is 50.0 Å². The molecule has 0 atom stereocenters. The first-order valence-corrected chi connectivity index (χ1v) is 13.6. The standard InChI is InChI=1S/C11H21N2.C4F9O6S3/c1-4-5-6-7-8-13-10-9-12(3)11(13)2;5-2(6,7)20(14,15)1(21(16,17)3(8,9)10)22(18,19)4(11,12)13/h9-10H,4-8H2,1-3H3;/q+1;-1. The van der Waals surface area contributed by atoms with Crippen LogP contribution in [0.15, 0.2) is 12.4 Å². The minimum absolute atomic E-state index is 1.17. The molecule has 0 amide bonds. The molecular weight excluding hydrogens is 571 g/mol. The predicted molar refractivity (Wildman–Crippen MR) is 103 cm³/mol. The molecule has 0 radical (unpaired) electrons. The lowest BCUT2D eigenvalue weighted by atomic mass is 10.2. The molecule has 0 bridgehead atoms. The molecule has 0 saturated carbocycles. The zero-order chi connectivity index (χ0) is 28.3. The molecule has 1 aromatic heterocycles. The lowest BCUT2D eigenvalue weighted by Crippen LogP contribution is -2.47. The molecule has 35 heavy (non-hydrogen) atoms. The molecule has 8 nitrogen and oxygen atoms in total. The summed E-state index contributed by atoms with van der Waals surface area (Å²) in [5, 5.41) is 0. The van der Waals surface area contributed by atoms with E-state index in [-0.39, 0.29) is 0 Å². The second kappa shape index (κ2) is 11.2. The van der Waals surface area contributed by atoms with E-state index >= 15 is 0 Å². The van der Waals surface area contributed by atoms with E-state index in [1.807, 2.05) is 0 Å². The summed E-state index contributed by atoms with van der Waals surface area (Å²) in [5.41, 5.74) is -21.2. The molecule has 0 aliphatic heterocycles. The van der Waals surface area contributed by atoms with Crippen molar-refractivity contribution >= 4 is 29.5 Å². The minimum Gasteiger partial charge on any atom is -0.251 e. The van der Waals surface area contributed by atoms with Crippen molar-refractivity contribution < 1.29 is 69.3 Å². The van der Waals surface area contributed by atoms with E-state index in [1.54, 1.807) is 0 Å². The van der Waals surface area contributed by atoms with Crippen LogP contribution in [0.25, 0.3) is 0 Å². The molecule has 1 rings (SSSR count). The summed E-state index contributed by atoms with van der Waals surface area (Å²) < 4.78 is 172. The smallest absolute Gasteiger partial charge is 0.251 e. The van der Waals surface area contributed by atoms with Crippen LogP contribution in [0.5, 0.6) is 0 Å². The van der Waals surface area contributed by atoms with Crippen LogP contribution in [-0.4, -0.2) is 46.3 Å². The fraction of sp³-hybridized carbons (Fsp3) is 0.733. The quantitative estimate of drug-likeness (QED) is 0.198. The van der Waals surface area contributed by atoms with Crippen LogP contribution in [0.2, 0.25) is 0 Å². The van der Waals surface area contributed by atoms with Gasteiger partial charge in [-0.1, -0.05) is 19.8 Å². The summed E-state index contributed by atoms with van der Waals surface area (Å²) in [6, 6.07) is 0. The maximum Gasteiger partial charge on any atom is 0.470 e. The van der Waals surface area contributed by atoms with E-state index in [2.05, 4.69) is 42.4 Å². The van der Waals surface area contributed by atoms with Crippen molar-refractivity contribution in [3.8, 4) is 0 Å². The monoisotopic (exact) mass is 592 g/mol. The van der Waals surface area contributed by atoms with Crippen molar-refractivity contribution in [1.82, 2.24) is 4.57 Å². The summed E-state index contributed by atoms with van der Waals surface area (Å²) in [5.74, 6) is 1.34. The molecule has 0 saturated heterocycles. The van der Waals surface area contributed by atoms with Crippen LogP contribution >= 0.6 is 0 Å². The lowest BCUT2D eigenvalue weighted by Gasteiger charge is -2.31. The molecule has 208 valence electrons. The highest BCUT2D eigenvalue weighted by Crippen LogP contribution is 2.47. The predicted octanol–water partition coefficient (Wildman–Crippen LogP) is 3.44. The Bertz CT molecular complexity index is 1060. The minimum atomic E-state index is -8.02. The van der Waals surface area contributed by atoms with Gasteiger partial charge in [-0.15, -0.1) is 0 Å². The molecule has 0 N–H and O–H groups in total. The van der Waals surface area contributed by atoms with Gasteiger partial charge < -0.3 is 0 Å². The highest BCUT2D eigenvalue weighted by Gasteiger charge is 2.63. The van der Waals surface area contributed by atoms with Gasteiger partial charge in [-0.2, -0.15) is 39.5 Å². The number of hydrogen-bond acceptors (Lipinski definition) is 6. The number of nitrogens with zero attached hydrogens (tertiary/aromatic N) is 2. The topological polar surface area (TPSA) is 111 Å². The van der Waals surface area contributed by atoms with Gasteiger partial charge in [0.05, 0.1) is 17.5 Å². The Labute approximate surface area is 195 Å². The Hall–Kier alpha value is -1.57. The van der Waals surface area contributed by atoms with Crippen LogP contribution in [0, 0.1) is 10.8 Å². The summed E-state index contributed by atoms with van der Waals surface area (Å²) in [6.07, 6.45) is 9.64. The average Bonchev–Trinajstić information content (AvgIpc) is 2.94. The molecule has 0 aliphatic rings. The molecule has 0 unspecified atom stereocenters. The highest BCUT2D eigenvalue weighted by atomic mass is 32.3. The van der Waals surface area contributed by atoms with Crippen LogP contribution < -0.4 is 4.57 Å². The van der Waals surface area contributed by atoms with E-state index in [0.29, 0.717) is 0 Å². The van der Waals surface area contributed by atoms with E-state index in [9.17, 15) is 64.8 Å². The summed E-state index contributed by atoms with van der Waals surface area (Å²) in [6.45, 7) is 5.59. The fourth-order valence-corrected chi connectivity index (χ4v) is 7.99. The Kier molecular flexibility index (Phi) is 10.7. The van der Waals surface area contributed by atoms with Gasteiger partial charge in [0.15, 0.2) is 29.5 Å². The van der Waals surface area contributed by atoms with Crippen molar-refractivity contribution in [3.05, 3.63) is 22.1 Å². The van der Waals surface area contributed by atoms with Crippen LogP contribution in [-0.2, 0) is 43.1 Å². The first-order chi connectivity index (χ1) is 15.4. The Balaban J connectivity index is 0.000000750. The van der Waals surface area contributed by atoms with Crippen molar-refractivity contribution in [3.63, 3.8) is 0 Å². The average molecular weight is 593 g/mol. The Morgan fingerprint density at radius 3 is 1.40 bits per heavy atom. The molecule has 1 aromatic rings. The molecular formula is C15H21F9N2O6S3. The molecule has 0 spiro atoms. The number of alkyl halides is 9. The first-order valence-electron chi connectivity index (χ1n) is 9.19. The van der Waals surface area contributed by atoms with Gasteiger partial charge in [-0.05, 0) is 12.8 Å². The number of hydrogen-bond donors (Lipinski definition) is 0. The van der Waals surface area contributed by atoms with E-state index in [0.717, 1.165) is 0 Å². The Morgan fingerprint density at radius 1 is 0.771 bits per heavy atom. The maximum absolute atomic E-state index is 12.0. The normalized spacial score (nSPS) is 14.1. The van der Waals surface area contributed by atoms with Crippen molar-refractivity contribution in [2.24, 2.45) is 7.05 Å². The molecule has 0 aromatic carbocycles. The van der Waals surface area contributed by atoms with Gasteiger partial charge in [0.25, 0.3) is 5.82 Å². The van der Waals surface area contributed by atoms with Gasteiger partial charge >= 0.3 is 16.5 Å². The van der Waals surface area contributed by atoms with Gasteiger partial charge in [0, 0.05) is 6.92 Å². The third-order valence-corrected chi connectivity index (χ3v) is 11.3. The van der Waals surface area contributed by atoms with Crippen LogP contribution in [0.1, 0.15) is 38.4 Å². The lowest BCUT2D eigenvalue weighted by molar-refractivity contribution is -0.677. The zero-order valence-electron chi connectivity index (χ0n) is 18.2. The maximum atomic E-state index is 12.0. The number of rotatable bonds is 8. The zero-order valence-corrected chi connectivity index (χ0v) is 20.6. The molecule has 20 heteroatoms. The number of imidazole rings is 1. The van der Waals surface area contributed by atoms with E-state index in [4.69, 9.17) is 0 Å². The molecule has 0 fully saturated rings. The van der Waals surface area contributed by atoms with Crippen molar-refractivity contribution in [2.75, 3.05) is 0 Å². The number of sulfone groups is 3. The number of aromatic nitrogens is 2. The second-order valence-electron chi connectivity index (χ2n) is 6.81. The SMILES string of the molecule is CCCCCCn1cc[n+](C)c1C.O=S(=O)([C-](S(=O)(=O)C(F)(F)F)S(=O)(=O)C(F)(F)F)C(F)(F)F. The third kappa shape index (κ3) is 7.70. The third-order valence-electron chi connectivity index (χ3n) is 4.22. The highest BCUT2D eigenvalue weighted by molar-refractivity contribution is 8.29. The molecule has 1 heterocycles. The van der Waals surface area contributed by atoms with Crippen molar-refractivity contribution in [1.29, 1.82) is 0 Å². The van der Waals surface area contributed by atoms with E-state index in [1.165, 1.54) is 38.1 Å². The van der Waals surface area contributed by atoms with Crippen molar-refractivity contribution in [2.45, 2.75) is 62.6 Å². The van der Waals surface area contributed by atoms with Gasteiger partial charge in [-0.3, -0.25) is 25.3 Å². The first kappa shape index (κ1) is 33.4. The van der Waals surface area contributed by atoms with Crippen LogP contribution in [0.3, 0.4) is 0 Å². The summed E-state index contributed by atoms with van der Waals surface area (Å²) >= 11 is 0. The molecule has 0 aliphatic carbocycles. The number of aryl methyl sites for hydroxylation is 2. The van der Waals surface area contributed by atoms with Crippen LogP contribution in [0.4, 0.5) is 39.5 Å².